The van der Waals surface area contributed by atoms with Gasteiger partial charge >= 0.3 is 0 Å². The minimum absolute atomic E-state index is 0. The van der Waals surface area contributed by atoms with Gasteiger partial charge in [0, 0.05) is 48.3 Å². The van der Waals surface area contributed by atoms with E-state index < -0.39 is 11.7 Å². The molecule has 10 heteroatoms. The Bertz CT molecular complexity index is 1480. The molecule has 2 N–H and O–H groups in total. The Kier molecular flexibility index (Phi) is 7.42. The lowest BCUT2D eigenvalue weighted by molar-refractivity contribution is -0.0101. The van der Waals surface area contributed by atoms with Gasteiger partial charge in [0.15, 0.2) is 5.82 Å². The summed E-state index contributed by atoms with van der Waals surface area (Å²) in [5.41, 5.74) is 4.81. The second kappa shape index (κ2) is 10.4. The molecule has 192 valence electrons. The Morgan fingerprint density at radius 3 is 2.76 bits per heavy atom. The number of rotatable bonds is 6. The average Bonchev–Trinajstić information content (AvgIpc) is 3.20. The Balaban J connectivity index is 0.00000320. The van der Waals surface area contributed by atoms with Crippen molar-refractivity contribution in [2.45, 2.75) is 38.9 Å². The van der Waals surface area contributed by atoms with Gasteiger partial charge in [0.1, 0.15) is 17.7 Å². The van der Waals surface area contributed by atoms with E-state index in [1.54, 1.807) is 6.07 Å². The Labute approximate surface area is 221 Å². The van der Waals surface area contributed by atoms with Crippen LogP contribution in [-0.4, -0.2) is 39.4 Å². The number of benzene rings is 1. The number of carbonyl (C=O) groups is 1. The SMILES string of the molecule is CNC(=O)c1c(F)cnc2c([C@H](C)CNc3cc(-c4cnc5c(c4)COC5(C)C)ncn3)cccc12.S. The zero-order valence-corrected chi connectivity index (χ0v) is 22.1. The molecule has 0 spiro atoms. The van der Waals surface area contributed by atoms with Crippen LogP contribution in [0.4, 0.5) is 10.2 Å². The zero-order valence-electron chi connectivity index (χ0n) is 21.1. The van der Waals surface area contributed by atoms with Gasteiger partial charge in [-0.2, -0.15) is 13.5 Å². The van der Waals surface area contributed by atoms with Crippen molar-refractivity contribution in [1.82, 2.24) is 25.3 Å². The average molecular weight is 521 g/mol. The van der Waals surface area contributed by atoms with E-state index in [0.717, 1.165) is 34.3 Å². The van der Waals surface area contributed by atoms with E-state index in [0.29, 0.717) is 29.9 Å². The number of hydrogen-bond acceptors (Lipinski definition) is 7. The summed E-state index contributed by atoms with van der Waals surface area (Å²) in [5, 5.41) is 6.35. The lowest BCUT2D eigenvalue weighted by Gasteiger charge is -2.17. The van der Waals surface area contributed by atoms with E-state index in [4.69, 9.17) is 4.74 Å². The first-order valence-electron chi connectivity index (χ1n) is 11.8. The normalized spacial score (nSPS) is 14.5. The fourth-order valence-electron chi connectivity index (χ4n) is 4.58. The molecule has 1 aromatic carbocycles. The minimum Gasteiger partial charge on any atom is -0.369 e. The number of halogens is 1. The highest BCUT2D eigenvalue weighted by Crippen LogP contribution is 2.36. The maximum absolute atomic E-state index is 14.4. The first kappa shape index (κ1) is 26.4. The smallest absolute Gasteiger partial charge is 0.254 e. The second-order valence-corrected chi connectivity index (χ2v) is 9.40. The van der Waals surface area contributed by atoms with E-state index in [-0.39, 0.29) is 30.6 Å². The molecule has 0 saturated carbocycles. The third-order valence-electron chi connectivity index (χ3n) is 6.55. The molecule has 0 bridgehead atoms. The fraction of sp³-hybridized carbons (Fsp3) is 0.296. The summed E-state index contributed by atoms with van der Waals surface area (Å²) in [6.07, 6.45) is 4.44. The maximum Gasteiger partial charge on any atom is 0.254 e. The van der Waals surface area contributed by atoms with Crippen LogP contribution >= 0.6 is 13.5 Å². The molecule has 37 heavy (non-hydrogen) atoms. The molecule has 1 aliphatic heterocycles. The zero-order chi connectivity index (χ0) is 25.4. The van der Waals surface area contributed by atoms with Gasteiger partial charge in [0.2, 0.25) is 0 Å². The summed E-state index contributed by atoms with van der Waals surface area (Å²) in [5.74, 6) is -0.445. The van der Waals surface area contributed by atoms with Crippen molar-refractivity contribution in [3.63, 3.8) is 0 Å². The molecule has 1 aliphatic rings. The molecule has 0 saturated heterocycles. The van der Waals surface area contributed by atoms with E-state index in [2.05, 4.69) is 36.6 Å². The number of aromatic nitrogens is 4. The predicted molar refractivity (Wildman–Crippen MR) is 145 cm³/mol. The summed E-state index contributed by atoms with van der Waals surface area (Å²) in [7, 11) is 1.48. The Morgan fingerprint density at radius 1 is 1.16 bits per heavy atom. The van der Waals surface area contributed by atoms with Crippen molar-refractivity contribution in [3.05, 3.63) is 77.3 Å². The first-order valence-corrected chi connectivity index (χ1v) is 11.8. The monoisotopic (exact) mass is 520 g/mol. The van der Waals surface area contributed by atoms with Gasteiger partial charge < -0.3 is 15.4 Å². The molecular formula is C27H29FN6O2S. The number of carbonyl (C=O) groups excluding carboxylic acids is 1. The molecule has 3 aromatic heterocycles. The minimum atomic E-state index is -0.644. The highest BCUT2D eigenvalue weighted by Gasteiger charge is 2.32. The first-order chi connectivity index (χ1) is 17.3. The number of anilines is 1. The van der Waals surface area contributed by atoms with Crippen LogP contribution in [0.3, 0.4) is 0 Å². The van der Waals surface area contributed by atoms with Gasteiger partial charge in [-0.05, 0) is 25.5 Å². The number of amides is 1. The summed E-state index contributed by atoms with van der Waals surface area (Å²) in [6.45, 7) is 7.15. The van der Waals surface area contributed by atoms with Crippen molar-refractivity contribution in [3.8, 4) is 11.3 Å². The van der Waals surface area contributed by atoms with Crippen LogP contribution in [0.15, 0.2) is 49.1 Å². The molecule has 0 radical (unpaired) electrons. The third-order valence-corrected chi connectivity index (χ3v) is 6.55. The van der Waals surface area contributed by atoms with Crippen LogP contribution < -0.4 is 10.6 Å². The fourth-order valence-corrected chi connectivity index (χ4v) is 4.58. The van der Waals surface area contributed by atoms with Crippen LogP contribution in [-0.2, 0) is 16.9 Å². The Hall–Kier alpha value is -3.63. The quantitative estimate of drug-likeness (QED) is 0.381. The number of pyridine rings is 2. The van der Waals surface area contributed by atoms with Crippen LogP contribution in [0.2, 0.25) is 0 Å². The summed E-state index contributed by atoms with van der Waals surface area (Å²) < 4.78 is 20.2. The van der Waals surface area contributed by atoms with Crippen LogP contribution in [0, 0.1) is 5.82 Å². The molecule has 0 unspecified atom stereocenters. The van der Waals surface area contributed by atoms with Gasteiger partial charge in [-0.3, -0.25) is 14.8 Å². The lowest BCUT2D eigenvalue weighted by atomic mass is 9.96. The van der Waals surface area contributed by atoms with Gasteiger partial charge in [-0.1, -0.05) is 25.1 Å². The second-order valence-electron chi connectivity index (χ2n) is 9.40. The van der Waals surface area contributed by atoms with Crippen molar-refractivity contribution >= 4 is 36.1 Å². The Morgan fingerprint density at radius 2 is 1.97 bits per heavy atom. The van der Waals surface area contributed by atoms with Crippen LogP contribution in [0.5, 0.6) is 0 Å². The van der Waals surface area contributed by atoms with E-state index in [1.165, 1.54) is 13.4 Å². The van der Waals surface area contributed by atoms with Crippen molar-refractivity contribution in [2.24, 2.45) is 0 Å². The topological polar surface area (TPSA) is 102 Å². The molecule has 4 aromatic rings. The number of nitrogens with zero attached hydrogens (tertiary/aromatic N) is 4. The van der Waals surface area contributed by atoms with Crippen molar-refractivity contribution in [1.29, 1.82) is 0 Å². The molecule has 8 nitrogen and oxygen atoms in total. The van der Waals surface area contributed by atoms with E-state index >= 15 is 0 Å². The van der Waals surface area contributed by atoms with Gasteiger partial charge in [-0.15, -0.1) is 0 Å². The van der Waals surface area contributed by atoms with Gasteiger partial charge in [0.25, 0.3) is 5.91 Å². The van der Waals surface area contributed by atoms with E-state index in [1.807, 2.05) is 45.2 Å². The van der Waals surface area contributed by atoms with E-state index in [9.17, 15) is 9.18 Å². The lowest BCUT2D eigenvalue weighted by Crippen LogP contribution is -2.20. The number of para-hydroxylation sites is 1. The number of ether oxygens (including phenoxy) is 1. The highest BCUT2D eigenvalue weighted by molar-refractivity contribution is 7.59. The van der Waals surface area contributed by atoms with Crippen LogP contribution in [0.1, 0.15) is 53.9 Å². The van der Waals surface area contributed by atoms with Crippen molar-refractivity contribution in [2.75, 3.05) is 18.9 Å². The summed E-state index contributed by atoms with van der Waals surface area (Å²) in [4.78, 5) is 30.0. The van der Waals surface area contributed by atoms with Gasteiger partial charge in [-0.25, -0.2) is 14.4 Å². The molecule has 4 heterocycles. The maximum atomic E-state index is 14.4. The molecular weight excluding hydrogens is 491 g/mol. The molecule has 1 atom stereocenters. The predicted octanol–water partition coefficient (Wildman–Crippen LogP) is 4.68. The number of fused-ring (bicyclic) bond motifs is 2. The number of nitrogens with one attached hydrogen (secondary N) is 2. The summed E-state index contributed by atoms with van der Waals surface area (Å²) >= 11 is 0. The highest BCUT2D eigenvalue weighted by atomic mass is 32.1. The standard InChI is InChI=1S/C27H27FN6O2.H2S/c1-15(18-6-5-7-19-23(26(35)29-4)20(28)12-31-24(18)19)10-30-22-9-21(33-14-34-22)16-8-17-13-36-27(2,3)25(17)32-11-16;/h5-9,11-12,14-15H,10,13H2,1-4H3,(H,29,35)(H,30,33,34);1H2/t15-;/m1./s1. The third kappa shape index (κ3) is 4.99. The molecule has 1 amide bonds. The molecule has 5 rings (SSSR count). The summed E-state index contributed by atoms with van der Waals surface area (Å²) in [6, 6.07) is 9.43. The van der Waals surface area contributed by atoms with Crippen molar-refractivity contribution < 1.29 is 13.9 Å². The largest absolute Gasteiger partial charge is 0.369 e. The van der Waals surface area contributed by atoms with Gasteiger partial charge in [0.05, 0.1) is 35.3 Å². The molecule has 0 aliphatic carbocycles. The molecule has 0 fully saturated rings. The number of hydrogen-bond donors (Lipinski definition) is 2. The van der Waals surface area contributed by atoms with Crippen LogP contribution in [0.25, 0.3) is 22.2 Å².